The zero-order valence-corrected chi connectivity index (χ0v) is 16.1. The van der Waals surface area contributed by atoms with E-state index in [1.165, 1.54) is 13.2 Å². The maximum absolute atomic E-state index is 12.2. The van der Waals surface area contributed by atoms with Crippen LogP contribution in [0.4, 0.5) is 5.69 Å². The first kappa shape index (κ1) is 20.1. The molecule has 1 aromatic heterocycles. The lowest BCUT2D eigenvalue weighted by Gasteiger charge is -2.24. The zero-order chi connectivity index (χ0) is 19.2. The second-order valence-corrected chi connectivity index (χ2v) is 7.93. The van der Waals surface area contributed by atoms with Crippen LogP contribution in [0.25, 0.3) is 0 Å². The summed E-state index contributed by atoms with van der Waals surface area (Å²) in [5.74, 6) is -0.101. The molecule has 0 atom stereocenters. The summed E-state index contributed by atoms with van der Waals surface area (Å²) in [4.78, 5) is 16.1. The minimum Gasteiger partial charge on any atom is -0.495 e. The van der Waals surface area contributed by atoms with Gasteiger partial charge in [0.1, 0.15) is 12.3 Å². The maximum atomic E-state index is 12.2. The molecule has 0 aliphatic rings. The van der Waals surface area contributed by atoms with Crippen LogP contribution in [0, 0.1) is 0 Å². The quantitative estimate of drug-likeness (QED) is 0.644. The highest BCUT2D eigenvalue weighted by Gasteiger charge is 2.24. The largest absolute Gasteiger partial charge is 0.495 e. The molecular formula is C16H21ClN4O4S. The van der Waals surface area contributed by atoms with Crippen LogP contribution in [0.1, 0.15) is 6.42 Å². The highest BCUT2D eigenvalue weighted by molar-refractivity contribution is 7.92. The predicted octanol–water partition coefficient (Wildman–Crippen LogP) is 1.52. The Morgan fingerprint density at radius 1 is 1.42 bits per heavy atom. The average molecular weight is 401 g/mol. The number of rotatable bonds is 9. The van der Waals surface area contributed by atoms with Gasteiger partial charge in [0, 0.05) is 30.5 Å². The van der Waals surface area contributed by atoms with E-state index in [9.17, 15) is 13.2 Å². The first-order chi connectivity index (χ1) is 12.3. The van der Waals surface area contributed by atoms with Gasteiger partial charge in [0.15, 0.2) is 0 Å². The van der Waals surface area contributed by atoms with Crippen molar-refractivity contribution in [3.63, 3.8) is 0 Å². The summed E-state index contributed by atoms with van der Waals surface area (Å²) in [7, 11) is -2.29. The van der Waals surface area contributed by atoms with Crippen molar-refractivity contribution in [2.45, 2.75) is 13.0 Å². The molecule has 1 N–H and O–H groups in total. The molecule has 0 unspecified atom stereocenters. The van der Waals surface area contributed by atoms with Gasteiger partial charge in [-0.05, 0) is 24.6 Å². The minimum atomic E-state index is -3.71. The smallest absolute Gasteiger partial charge is 0.240 e. The van der Waals surface area contributed by atoms with Crippen LogP contribution < -0.4 is 14.4 Å². The normalized spacial score (nSPS) is 11.2. The molecule has 10 heteroatoms. The Hall–Kier alpha value is -2.26. The number of ether oxygens (including phenoxy) is 1. The van der Waals surface area contributed by atoms with Crippen LogP contribution in [0.3, 0.4) is 0 Å². The Kier molecular flexibility index (Phi) is 6.87. The summed E-state index contributed by atoms with van der Waals surface area (Å²) in [5, 5.41) is 3.06. The fourth-order valence-corrected chi connectivity index (χ4v) is 3.35. The summed E-state index contributed by atoms with van der Waals surface area (Å²) >= 11 is 5.97. The molecular weight excluding hydrogens is 380 g/mol. The number of hydrogen-bond acceptors (Lipinski definition) is 5. The van der Waals surface area contributed by atoms with E-state index in [2.05, 4.69) is 10.3 Å². The zero-order valence-electron chi connectivity index (χ0n) is 14.6. The molecule has 0 aliphatic heterocycles. The Bertz CT molecular complexity index is 840. The van der Waals surface area contributed by atoms with Crippen molar-refractivity contribution in [1.82, 2.24) is 14.9 Å². The average Bonchev–Trinajstić information content (AvgIpc) is 3.09. The first-order valence-corrected chi connectivity index (χ1v) is 10.1. The molecule has 1 amide bonds. The van der Waals surface area contributed by atoms with Gasteiger partial charge in [-0.15, -0.1) is 0 Å². The van der Waals surface area contributed by atoms with E-state index < -0.39 is 15.9 Å². The van der Waals surface area contributed by atoms with Crippen LogP contribution in [0.15, 0.2) is 36.9 Å². The topological polar surface area (TPSA) is 93.5 Å². The number of anilines is 1. The molecule has 8 nitrogen and oxygen atoms in total. The molecule has 0 bridgehead atoms. The van der Waals surface area contributed by atoms with Crippen molar-refractivity contribution in [1.29, 1.82) is 0 Å². The van der Waals surface area contributed by atoms with E-state index in [0.29, 0.717) is 30.3 Å². The molecule has 1 heterocycles. The van der Waals surface area contributed by atoms with E-state index in [4.69, 9.17) is 16.3 Å². The third-order valence-corrected chi connectivity index (χ3v) is 4.93. The second kappa shape index (κ2) is 8.91. The van der Waals surface area contributed by atoms with E-state index >= 15 is 0 Å². The number of amides is 1. The lowest BCUT2D eigenvalue weighted by atomic mass is 10.3. The number of hydrogen-bond donors (Lipinski definition) is 1. The third-order valence-electron chi connectivity index (χ3n) is 3.57. The lowest BCUT2D eigenvalue weighted by molar-refractivity contribution is -0.119. The monoisotopic (exact) mass is 400 g/mol. The first-order valence-electron chi connectivity index (χ1n) is 7.85. The van der Waals surface area contributed by atoms with Crippen LogP contribution in [0.2, 0.25) is 5.02 Å². The number of methoxy groups -OCH3 is 1. The predicted molar refractivity (Wildman–Crippen MR) is 100 cm³/mol. The highest BCUT2D eigenvalue weighted by atomic mass is 35.5. The lowest BCUT2D eigenvalue weighted by Crippen LogP contribution is -2.41. The summed E-state index contributed by atoms with van der Waals surface area (Å²) < 4.78 is 32.4. The van der Waals surface area contributed by atoms with Crippen LogP contribution in [-0.4, -0.2) is 50.3 Å². The van der Waals surface area contributed by atoms with Gasteiger partial charge in [-0.3, -0.25) is 9.10 Å². The van der Waals surface area contributed by atoms with Gasteiger partial charge in [-0.1, -0.05) is 11.6 Å². The molecule has 0 saturated heterocycles. The number of benzene rings is 1. The standard InChI is InChI=1S/C16H21ClN4O4S/c1-25-15-5-4-13(17)10-14(15)21(26(2,23)24)11-16(22)19-6-3-8-20-9-7-18-12-20/h4-5,7,9-10,12H,3,6,8,11H2,1-2H3,(H,19,22). The number of halogens is 1. The van der Waals surface area contributed by atoms with E-state index in [0.717, 1.165) is 10.6 Å². The van der Waals surface area contributed by atoms with Crippen molar-refractivity contribution in [3.05, 3.63) is 41.9 Å². The number of aryl methyl sites for hydroxylation is 1. The van der Waals surface area contributed by atoms with Gasteiger partial charge in [-0.25, -0.2) is 13.4 Å². The maximum Gasteiger partial charge on any atom is 0.240 e. The number of nitrogens with one attached hydrogen (secondary N) is 1. The Morgan fingerprint density at radius 2 is 2.19 bits per heavy atom. The van der Waals surface area contributed by atoms with E-state index in [1.807, 2.05) is 10.8 Å². The number of carbonyl (C=O) groups is 1. The Morgan fingerprint density at radius 3 is 2.81 bits per heavy atom. The van der Waals surface area contributed by atoms with Gasteiger partial charge in [0.25, 0.3) is 0 Å². The molecule has 26 heavy (non-hydrogen) atoms. The van der Waals surface area contributed by atoms with Crippen molar-refractivity contribution in [3.8, 4) is 5.75 Å². The number of imidazole rings is 1. The minimum absolute atomic E-state index is 0.219. The summed E-state index contributed by atoms with van der Waals surface area (Å²) in [6, 6.07) is 4.59. The van der Waals surface area contributed by atoms with Gasteiger partial charge in [0.05, 0.1) is 25.4 Å². The summed E-state index contributed by atoms with van der Waals surface area (Å²) in [6.07, 6.45) is 6.93. The van der Waals surface area contributed by atoms with Crippen LogP contribution in [-0.2, 0) is 21.4 Å². The molecule has 0 fully saturated rings. The van der Waals surface area contributed by atoms with Crippen molar-refractivity contribution >= 4 is 33.2 Å². The molecule has 2 rings (SSSR count). The van der Waals surface area contributed by atoms with Crippen molar-refractivity contribution in [2.24, 2.45) is 0 Å². The summed E-state index contributed by atoms with van der Waals surface area (Å²) in [5.41, 5.74) is 0.219. The van der Waals surface area contributed by atoms with Gasteiger partial charge < -0.3 is 14.6 Å². The van der Waals surface area contributed by atoms with Gasteiger partial charge in [-0.2, -0.15) is 0 Å². The fourth-order valence-electron chi connectivity index (χ4n) is 2.33. The molecule has 0 spiro atoms. The van der Waals surface area contributed by atoms with Crippen molar-refractivity contribution in [2.75, 3.05) is 30.8 Å². The van der Waals surface area contributed by atoms with E-state index in [1.54, 1.807) is 24.7 Å². The third kappa shape index (κ3) is 5.63. The highest BCUT2D eigenvalue weighted by Crippen LogP contribution is 2.32. The molecule has 2 aromatic rings. The molecule has 1 aromatic carbocycles. The van der Waals surface area contributed by atoms with Crippen molar-refractivity contribution < 1.29 is 17.9 Å². The number of aromatic nitrogens is 2. The van der Waals surface area contributed by atoms with E-state index in [-0.39, 0.29) is 12.2 Å². The molecule has 142 valence electrons. The molecule has 0 aliphatic carbocycles. The molecule has 0 saturated carbocycles. The second-order valence-electron chi connectivity index (χ2n) is 5.59. The number of nitrogens with zero attached hydrogens (tertiary/aromatic N) is 3. The van der Waals surface area contributed by atoms with Gasteiger partial charge in [0.2, 0.25) is 15.9 Å². The van der Waals surface area contributed by atoms with Gasteiger partial charge >= 0.3 is 0 Å². The summed E-state index contributed by atoms with van der Waals surface area (Å²) in [6.45, 7) is 0.764. The number of sulfonamides is 1. The fraction of sp³-hybridized carbons (Fsp3) is 0.375. The Labute approximate surface area is 157 Å². The Balaban J connectivity index is 2.02. The number of carbonyl (C=O) groups excluding carboxylic acids is 1. The SMILES string of the molecule is COc1ccc(Cl)cc1N(CC(=O)NCCCn1ccnc1)S(C)(=O)=O. The van der Waals surface area contributed by atoms with Crippen LogP contribution in [0.5, 0.6) is 5.75 Å². The van der Waals surface area contributed by atoms with Crippen LogP contribution >= 0.6 is 11.6 Å². The molecule has 0 radical (unpaired) electrons.